The topological polar surface area (TPSA) is 46.5 Å². The summed E-state index contributed by atoms with van der Waals surface area (Å²) in [6.45, 7) is 4.91. The second-order valence-electron chi connectivity index (χ2n) is 4.02. The van der Waals surface area contributed by atoms with Gasteiger partial charge in [-0.1, -0.05) is 0 Å². The molecule has 0 saturated heterocycles. The fraction of sp³-hybridized carbons (Fsp3) is 0.333. The van der Waals surface area contributed by atoms with Crippen LogP contribution < -0.4 is 0 Å². The minimum absolute atomic E-state index is 0.295. The lowest BCUT2D eigenvalue weighted by Crippen LogP contribution is -2.10. The van der Waals surface area contributed by atoms with Crippen LogP contribution in [0.1, 0.15) is 31.3 Å². The van der Waals surface area contributed by atoms with Crippen molar-refractivity contribution in [1.29, 1.82) is 5.26 Å². The van der Waals surface area contributed by atoms with Crippen molar-refractivity contribution in [2.24, 2.45) is 0 Å². The molecule has 0 fully saturated rings. The summed E-state index contributed by atoms with van der Waals surface area (Å²) >= 11 is 0. The summed E-state index contributed by atoms with van der Waals surface area (Å²) in [5.41, 5.74) is 1.84. The largest absolute Gasteiger partial charge is 0.332 e. The Kier molecular flexibility index (Phi) is 2.78. The van der Waals surface area contributed by atoms with E-state index < -0.39 is 0 Å². The summed E-state index contributed by atoms with van der Waals surface area (Å²) in [4.78, 5) is 4.01. The third-order valence-electron chi connectivity index (χ3n) is 2.54. The molecule has 2 rings (SSSR count). The minimum atomic E-state index is 0.295. The van der Waals surface area contributed by atoms with Crippen molar-refractivity contribution < 1.29 is 0 Å². The molecule has 0 bridgehead atoms. The Morgan fingerprint density at radius 2 is 2.25 bits per heavy atom. The molecule has 2 aromatic heterocycles. The molecule has 2 aromatic rings. The van der Waals surface area contributed by atoms with Gasteiger partial charge < -0.3 is 9.13 Å². The van der Waals surface area contributed by atoms with Crippen LogP contribution in [0.3, 0.4) is 0 Å². The maximum atomic E-state index is 9.02. The van der Waals surface area contributed by atoms with Gasteiger partial charge in [0.15, 0.2) is 0 Å². The fourth-order valence-corrected chi connectivity index (χ4v) is 1.89. The van der Waals surface area contributed by atoms with Crippen LogP contribution in [0.2, 0.25) is 0 Å². The van der Waals surface area contributed by atoms with Gasteiger partial charge in [0.1, 0.15) is 11.8 Å². The van der Waals surface area contributed by atoms with Crippen LogP contribution in [-0.4, -0.2) is 14.1 Å². The zero-order chi connectivity index (χ0) is 11.5. The number of rotatable bonds is 3. The van der Waals surface area contributed by atoms with Gasteiger partial charge in [0.05, 0.1) is 12.9 Å². The van der Waals surface area contributed by atoms with Gasteiger partial charge in [-0.05, 0) is 26.0 Å². The molecule has 0 amide bonds. The third kappa shape index (κ3) is 1.84. The van der Waals surface area contributed by atoms with Crippen LogP contribution in [0.25, 0.3) is 0 Å². The van der Waals surface area contributed by atoms with E-state index in [1.165, 1.54) is 0 Å². The number of hydrogen-bond donors (Lipinski definition) is 0. The number of nitriles is 1. The zero-order valence-corrected chi connectivity index (χ0v) is 9.46. The van der Waals surface area contributed by atoms with Gasteiger partial charge >= 0.3 is 0 Å². The highest BCUT2D eigenvalue weighted by atomic mass is 15.1. The first-order chi connectivity index (χ1) is 7.72. The molecule has 0 saturated carbocycles. The van der Waals surface area contributed by atoms with E-state index in [0.29, 0.717) is 11.7 Å². The molecule has 4 nitrogen and oxygen atoms in total. The smallest absolute Gasteiger partial charge is 0.120 e. The summed E-state index contributed by atoms with van der Waals surface area (Å²) < 4.78 is 4.05. The molecule has 0 radical (unpaired) electrons. The summed E-state index contributed by atoms with van der Waals surface area (Å²) in [6.07, 6.45) is 5.46. The van der Waals surface area contributed by atoms with Crippen molar-refractivity contribution in [2.75, 3.05) is 0 Å². The lowest BCUT2D eigenvalue weighted by molar-refractivity contribution is 0.558. The summed E-state index contributed by atoms with van der Waals surface area (Å²) in [5.74, 6) is 0. The first-order valence-electron chi connectivity index (χ1n) is 5.28. The SMILES string of the molecule is CC(C)n1c(C#N)ccc1Cn1ccnc1. The van der Waals surface area contributed by atoms with Crippen LogP contribution in [0.5, 0.6) is 0 Å². The van der Waals surface area contributed by atoms with E-state index in [-0.39, 0.29) is 0 Å². The highest BCUT2D eigenvalue weighted by Crippen LogP contribution is 2.16. The van der Waals surface area contributed by atoms with Gasteiger partial charge in [-0.2, -0.15) is 5.26 Å². The van der Waals surface area contributed by atoms with Crippen molar-refractivity contribution in [3.8, 4) is 6.07 Å². The molecule has 4 heteroatoms. The maximum absolute atomic E-state index is 9.02. The van der Waals surface area contributed by atoms with Gasteiger partial charge in [-0.25, -0.2) is 4.98 Å². The van der Waals surface area contributed by atoms with Gasteiger partial charge in [-0.15, -0.1) is 0 Å². The lowest BCUT2D eigenvalue weighted by atomic mass is 10.3. The second-order valence-corrected chi connectivity index (χ2v) is 4.02. The van der Waals surface area contributed by atoms with Crippen molar-refractivity contribution in [1.82, 2.24) is 14.1 Å². The molecule has 82 valence electrons. The number of aromatic nitrogens is 3. The molecule has 2 heterocycles. The molecule has 16 heavy (non-hydrogen) atoms. The van der Waals surface area contributed by atoms with E-state index in [0.717, 1.165) is 12.2 Å². The molecule has 0 N–H and O–H groups in total. The Morgan fingerprint density at radius 1 is 1.44 bits per heavy atom. The van der Waals surface area contributed by atoms with Crippen molar-refractivity contribution >= 4 is 0 Å². The lowest BCUT2D eigenvalue weighted by Gasteiger charge is -2.14. The number of hydrogen-bond acceptors (Lipinski definition) is 2. The average Bonchev–Trinajstić information content (AvgIpc) is 2.87. The minimum Gasteiger partial charge on any atom is -0.332 e. The van der Waals surface area contributed by atoms with E-state index >= 15 is 0 Å². The Morgan fingerprint density at radius 3 is 2.81 bits per heavy atom. The van der Waals surface area contributed by atoms with Gasteiger partial charge in [0, 0.05) is 24.1 Å². The van der Waals surface area contributed by atoms with E-state index in [2.05, 4.69) is 29.5 Å². The quantitative estimate of drug-likeness (QED) is 0.786. The molecule has 0 aliphatic carbocycles. The van der Waals surface area contributed by atoms with E-state index in [9.17, 15) is 0 Å². The molecule has 0 aliphatic rings. The van der Waals surface area contributed by atoms with E-state index in [1.807, 2.05) is 22.9 Å². The number of imidazole rings is 1. The standard InChI is InChI=1S/C12H14N4/c1-10(2)16-11(7-13)3-4-12(16)8-15-6-5-14-9-15/h3-6,9-10H,8H2,1-2H3. The van der Waals surface area contributed by atoms with Crippen LogP contribution in [-0.2, 0) is 6.54 Å². The molecule has 0 aromatic carbocycles. The predicted molar refractivity (Wildman–Crippen MR) is 60.9 cm³/mol. The summed E-state index contributed by atoms with van der Waals surface area (Å²) in [5, 5.41) is 9.02. The Hall–Kier alpha value is -2.02. The van der Waals surface area contributed by atoms with Crippen molar-refractivity contribution in [2.45, 2.75) is 26.4 Å². The summed E-state index contributed by atoms with van der Waals surface area (Å²) in [6, 6.07) is 6.38. The highest BCUT2D eigenvalue weighted by Gasteiger charge is 2.10. The Balaban J connectivity index is 2.35. The van der Waals surface area contributed by atoms with Crippen LogP contribution >= 0.6 is 0 Å². The molecule has 0 spiro atoms. The molecular weight excluding hydrogens is 200 g/mol. The second kappa shape index (κ2) is 4.23. The van der Waals surface area contributed by atoms with E-state index in [4.69, 9.17) is 5.26 Å². The monoisotopic (exact) mass is 214 g/mol. The van der Waals surface area contributed by atoms with Crippen molar-refractivity contribution in [3.05, 3.63) is 42.2 Å². The fourth-order valence-electron chi connectivity index (χ4n) is 1.89. The van der Waals surface area contributed by atoms with Crippen molar-refractivity contribution in [3.63, 3.8) is 0 Å². The number of nitrogens with zero attached hydrogens (tertiary/aromatic N) is 4. The third-order valence-corrected chi connectivity index (χ3v) is 2.54. The molecular formula is C12H14N4. The van der Waals surface area contributed by atoms with E-state index in [1.54, 1.807) is 12.5 Å². The van der Waals surface area contributed by atoms with Gasteiger partial charge in [0.25, 0.3) is 0 Å². The normalized spacial score (nSPS) is 10.6. The van der Waals surface area contributed by atoms with Gasteiger partial charge in [0.2, 0.25) is 0 Å². The van der Waals surface area contributed by atoms with Crippen LogP contribution in [0, 0.1) is 11.3 Å². The van der Waals surface area contributed by atoms with Gasteiger partial charge in [-0.3, -0.25) is 0 Å². The molecule has 0 atom stereocenters. The zero-order valence-electron chi connectivity index (χ0n) is 9.46. The Bertz CT molecular complexity index is 500. The average molecular weight is 214 g/mol. The highest BCUT2D eigenvalue weighted by molar-refractivity contribution is 5.28. The molecule has 0 unspecified atom stereocenters. The maximum Gasteiger partial charge on any atom is 0.120 e. The first kappa shape index (κ1) is 10.5. The first-order valence-corrected chi connectivity index (χ1v) is 5.28. The summed E-state index contributed by atoms with van der Waals surface area (Å²) in [7, 11) is 0. The Labute approximate surface area is 94.8 Å². The van der Waals surface area contributed by atoms with Crippen LogP contribution in [0.4, 0.5) is 0 Å². The predicted octanol–water partition coefficient (Wildman–Crippen LogP) is 2.19. The van der Waals surface area contributed by atoms with Crippen LogP contribution in [0.15, 0.2) is 30.9 Å². The molecule has 0 aliphatic heterocycles.